The fourth-order valence-corrected chi connectivity index (χ4v) is 2.34. The summed E-state index contributed by atoms with van der Waals surface area (Å²) >= 11 is 0. The van der Waals surface area contributed by atoms with Crippen molar-refractivity contribution in [1.29, 1.82) is 0 Å². The highest BCUT2D eigenvalue weighted by Crippen LogP contribution is 2.15. The van der Waals surface area contributed by atoms with E-state index in [-0.39, 0.29) is 0 Å². The molecule has 0 aliphatic heterocycles. The monoisotopic (exact) mass is 315 g/mol. The van der Waals surface area contributed by atoms with E-state index in [0.717, 1.165) is 30.2 Å². The summed E-state index contributed by atoms with van der Waals surface area (Å²) in [6.45, 7) is 8.29. The molecule has 0 unspecified atom stereocenters. The van der Waals surface area contributed by atoms with Crippen LogP contribution in [0.25, 0.3) is 0 Å². The third kappa shape index (κ3) is 4.89. The van der Waals surface area contributed by atoms with Gasteiger partial charge in [-0.05, 0) is 38.8 Å². The van der Waals surface area contributed by atoms with Gasteiger partial charge < -0.3 is 9.64 Å². The molecule has 0 radical (unpaired) electrons. The lowest BCUT2D eigenvalue weighted by molar-refractivity contribution is 0.118. The molecule has 0 aromatic carbocycles. The van der Waals surface area contributed by atoms with E-state index in [1.807, 2.05) is 16.9 Å². The summed E-state index contributed by atoms with van der Waals surface area (Å²) < 4.78 is 7.10. The Kier molecular flexibility index (Phi) is 6.29. The molecule has 6 nitrogen and oxygen atoms in total. The van der Waals surface area contributed by atoms with Crippen LogP contribution in [0.2, 0.25) is 0 Å². The summed E-state index contributed by atoms with van der Waals surface area (Å²) in [7, 11) is 1.67. The average molecular weight is 315 g/mol. The van der Waals surface area contributed by atoms with Crippen LogP contribution in [-0.4, -0.2) is 33.4 Å². The third-order valence-corrected chi connectivity index (χ3v) is 3.54. The summed E-state index contributed by atoms with van der Waals surface area (Å²) in [5, 5.41) is 4.37. The quantitative estimate of drug-likeness (QED) is 0.701. The molecule has 0 amide bonds. The molecule has 0 N–H and O–H groups in total. The second kappa shape index (κ2) is 8.43. The Bertz CT molecular complexity index is 632. The average Bonchev–Trinajstić information content (AvgIpc) is 2.88. The summed E-state index contributed by atoms with van der Waals surface area (Å²) in [6, 6.07) is 1.83. The largest absolute Gasteiger partial charge is 0.362 e. The van der Waals surface area contributed by atoms with Crippen molar-refractivity contribution < 1.29 is 4.74 Å². The molecule has 2 aromatic heterocycles. The van der Waals surface area contributed by atoms with E-state index in [1.165, 1.54) is 5.57 Å². The summed E-state index contributed by atoms with van der Waals surface area (Å²) in [4.78, 5) is 11.0. The maximum atomic E-state index is 5.22. The molecule has 0 fully saturated rings. The van der Waals surface area contributed by atoms with Crippen molar-refractivity contribution in [1.82, 2.24) is 19.7 Å². The van der Waals surface area contributed by atoms with Crippen molar-refractivity contribution in [3.8, 4) is 0 Å². The second-order valence-corrected chi connectivity index (χ2v) is 5.73. The van der Waals surface area contributed by atoms with E-state index >= 15 is 0 Å². The zero-order chi connectivity index (χ0) is 16.7. The van der Waals surface area contributed by atoms with Gasteiger partial charge in [0.15, 0.2) is 0 Å². The van der Waals surface area contributed by atoms with Gasteiger partial charge in [-0.15, -0.1) is 0 Å². The van der Waals surface area contributed by atoms with Crippen molar-refractivity contribution in [2.45, 2.75) is 40.5 Å². The molecule has 0 saturated carbocycles. The van der Waals surface area contributed by atoms with Crippen LogP contribution >= 0.6 is 0 Å². The summed E-state index contributed by atoms with van der Waals surface area (Å²) in [6.07, 6.45) is 8.60. The van der Waals surface area contributed by atoms with Crippen LogP contribution in [-0.2, 0) is 18.0 Å². The molecular formula is C17H25N5O. The number of allylic oxidation sites excluding steroid dienone is 1. The van der Waals surface area contributed by atoms with Crippen LogP contribution < -0.4 is 4.90 Å². The van der Waals surface area contributed by atoms with Crippen molar-refractivity contribution in [3.63, 3.8) is 0 Å². The van der Waals surface area contributed by atoms with Gasteiger partial charge in [-0.1, -0.05) is 11.6 Å². The summed E-state index contributed by atoms with van der Waals surface area (Å²) in [5.41, 5.74) is 3.58. The molecule has 0 aliphatic rings. The first kappa shape index (κ1) is 17.1. The minimum absolute atomic E-state index is 0.445. The molecule has 0 bridgehead atoms. The van der Waals surface area contributed by atoms with Crippen molar-refractivity contribution >= 4 is 5.95 Å². The maximum Gasteiger partial charge on any atom is 0.225 e. The highest BCUT2D eigenvalue weighted by Gasteiger charge is 2.15. The Morgan fingerprint density at radius 3 is 2.70 bits per heavy atom. The van der Waals surface area contributed by atoms with Crippen LogP contribution in [0, 0.1) is 6.92 Å². The molecule has 0 aliphatic carbocycles. The van der Waals surface area contributed by atoms with Crippen molar-refractivity contribution in [2.75, 3.05) is 18.6 Å². The number of hydrogen-bond donors (Lipinski definition) is 0. The first-order chi connectivity index (χ1) is 11.1. The number of ether oxygens (including phenoxy) is 1. The number of methoxy groups -OCH3 is 1. The van der Waals surface area contributed by atoms with E-state index < -0.39 is 0 Å². The van der Waals surface area contributed by atoms with Gasteiger partial charge >= 0.3 is 0 Å². The molecule has 6 heteroatoms. The van der Waals surface area contributed by atoms with E-state index in [9.17, 15) is 0 Å². The predicted molar refractivity (Wildman–Crippen MR) is 91.1 cm³/mol. The molecule has 124 valence electrons. The van der Waals surface area contributed by atoms with Crippen LogP contribution in [0.4, 0.5) is 5.95 Å². The molecule has 23 heavy (non-hydrogen) atoms. The SMILES string of the molecule is COCn1ncc(C)c1CN(CCC=C(C)C)c1ncccn1. The number of anilines is 1. The van der Waals surface area contributed by atoms with Crippen molar-refractivity contribution in [3.05, 3.63) is 47.6 Å². The molecule has 0 atom stereocenters. The van der Waals surface area contributed by atoms with Gasteiger partial charge in [-0.2, -0.15) is 5.10 Å². The Hall–Kier alpha value is -2.21. The number of aryl methyl sites for hydroxylation is 1. The summed E-state index contributed by atoms with van der Waals surface area (Å²) in [5.74, 6) is 0.735. The molecule has 2 aromatic rings. The normalized spacial score (nSPS) is 10.6. The van der Waals surface area contributed by atoms with Crippen LogP contribution in [0.1, 0.15) is 31.5 Å². The lowest BCUT2D eigenvalue weighted by Gasteiger charge is -2.23. The Balaban J connectivity index is 2.20. The van der Waals surface area contributed by atoms with Gasteiger partial charge in [-0.3, -0.25) is 0 Å². The number of rotatable bonds is 8. The Morgan fingerprint density at radius 2 is 2.04 bits per heavy atom. The minimum atomic E-state index is 0.445. The molecule has 2 rings (SSSR count). The lowest BCUT2D eigenvalue weighted by Crippen LogP contribution is -2.27. The molecule has 0 spiro atoms. The smallest absolute Gasteiger partial charge is 0.225 e. The fourth-order valence-electron chi connectivity index (χ4n) is 2.34. The zero-order valence-electron chi connectivity index (χ0n) is 14.4. The first-order valence-electron chi connectivity index (χ1n) is 7.77. The minimum Gasteiger partial charge on any atom is -0.362 e. The van der Waals surface area contributed by atoms with E-state index in [2.05, 4.69) is 46.8 Å². The predicted octanol–water partition coefficient (Wildman–Crippen LogP) is 2.95. The zero-order valence-corrected chi connectivity index (χ0v) is 14.4. The number of aromatic nitrogens is 4. The van der Waals surface area contributed by atoms with Gasteiger partial charge in [-0.25, -0.2) is 14.6 Å². The Labute approximate surface area is 137 Å². The molecule has 2 heterocycles. The Morgan fingerprint density at radius 1 is 1.30 bits per heavy atom. The van der Waals surface area contributed by atoms with E-state index in [4.69, 9.17) is 4.74 Å². The van der Waals surface area contributed by atoms with Gasteiger partial charge in [0, 0.05) is 26.0 Å². The number of nitrogens with zero attached hydrogens (tertiary/aromatic N) is 5. The second-order valence-electron chi connectivity index (χ2n) is 5.73. The standard InChI is InChI=1S/C17H25N5O/c1-14(2)7-5-10-21(17-18-8-6-9-19-17)12-16-15(3)11-20-22(16)13-23-4/h6-9,11H,5,10,12-13H2,1-4H3. The number of hydrogen-bond acceptors (Lipinski definition) is 5. The topological polar surface area (TPSA) is 56.1 Å². The van der Waals surface area contributed by atoms with Crippen LogP contribution in [0.5, 0.6) is 0 Å². The molecular weight excluding hydrogens is 290 g/mol. The fraction of sp³-hybridized carbons (Fsp3) is 0.471. The van der Waals surface area contributed by atoms with Gasteiger partial charge in [0.05, 0.1) is 18.4 Å². The van der Waals surface area contributed by atoms with E-state index in [1.54, 1.807) is 19.5 Å². The highest BCUT2D eigenvalue weighted by atomic mass is 16.5. The van der Waals surface area contributed by atoms with Gasteiger partial charge in [0.1, 0.15) is 6.73 Å². The lowest BCUT2D eigenvalue weighted by atomic mass is 10.2. The van der Waals surface area contributed by atoms with E-state index in [0.29, 0.717) is 13.3 Å². The molecule has 0 saturated heterocycles. The van der Waals surface area contributed by atoms with Crippen molar-refractivity contribution in [2.24, 2.45) is 0 Å². The highest BCUT2D eigenvalue weighted by molar-refractivity contribution is 5.31. The van der Waals surface area contributed by atoms with Gasteiger partial charge in [0.2, 0.25) is 5.95 Å². The van der Waals surface area contributed by atoms with Crippen LogP contribution in [0.15, 0.2) is 36.3 Å². The first-order valence-corrected chi connectivity index (χ1v) is 7.77. The van der Waals surface area contributed by atoms with Crippen LogP contribution in [0.3, 0.4) is 0 Å². The van der Waals surface area contributed by atoms with Gasteiger partial charge in [0.25, 0.3) is 0 Å². The maximum absolute atomic E-state index is 5.22. The third-order valence-electron chi connectivity index (χ3n) is 3.54.